The summed E-state index contributed by atoms with van der Waals surface area (Å²) in [5.74, 6) is -0.216. The molecule has 8 heteroatoms. The van der Waals surface area contributed by atoms with Crippen LogP contribution in [0.2, 0.25) is 0 Å². The maximum atomic E-state index is 13.3. The van der Waals surface area contributed by atoms with E-state index in [0.29, 0.717) is 11.4 Å². The zero-order valence-electron chi connectivity index (χ0n) is 14.3. The number of halogens is 4. The van der Waals surface area contributed by atoms with Gasteiger partial charge in [-0.2, -0.15) is 18.2 Å². The fourth-order valence-corrected chi connectivity index (χ4v) is 2.73. The van der Waals surface area contributed by atoms with Crippen LogP contribution in [0.15, 0.2) is 54.7 Å². The van der Waals surface area contributed by atoms with Gasteiger partial charge >= 0.3 is 6.18 Å². The topological polar surface area (TPSA) is 49.8 Å². The first kappa shape index (κ1) is 19.4. The number of hydrogen-bond acceptors (Lipinski definition) is 4. The van der Waals surface area contributed by atoms with Crippen LogP contribution in [-0.4, -0.2) is 9.97 Å². The molecule has 0 aliphatic rings. The van der Waals surface area contributed by atoms with Crippen molar-refractivity contribution in [2.45, 2.75) is 19.5 Å². The molecule has 0 spiro atoms. The molecule has 0 unspecified atom stereocenters. The van der Waals surface area contributed by atoms with Crippen molar-refractivity contribution in [3.63, 3.8) is 0 Å². The van der Waals surface area contributed by atoms with E-state index in [1.807, 2.05) is 31.2 Å². The number of rotatable bonds is 5. The van der Waals surface area contributed by atoms with Gasteiger partial charge in [-0.1, -0.05) is 19.1 Å². The fraction of sp³-hybridized carbons (Fsp3) is 0.158. The van der Waals surface area contributed by atoms with Crippen LogP contribution in [0.1, 0.15) is 18.1 Å². The van der Waals surface area contributed by atoms with E-state index in [-0.39, 0.29) is 11.8 Å². The minimum Gasteiger partial charge on any atom is -0.340 e. The van der Waals surface area contributed by atoms with E-state index < -0.39 is 11.7 Å². The maximum Gasteiger partial charge on any atom is 0.421 e. The SMILES string of the molecule is CCc1ccc(Nc2nc(Nc3ccc(I)cc3)ncc2C(F)(F)F)cc1. The van der Waals surface area contributed by atoms with Crippen LogP contribution in [0.25, 0.3) is 0 Å². The third kappa shape index (κ3) is 5.09. The van der Waals surface area contributed by atoms with Crippen LogP contribution in [0.3, 0.4) is 0 Å². The first-order valence-corrected chi connectivity index (χ1v) is 9.26. The highest BCUT2D eigenvalue weighted by Gasteiger charge is 2.35. The van der Waals surface area contributed by atoms with Gasteiger partial charge in [0.15, 0.2) is 0 Å². The Bertz CT molecular complexity index is 910. The van der Waals surface area contributed by atoms with E-state index in [1.165, 1.54) is 0 Å². The highest BCUT2D eigenvalue weighted by atomic mass is 127. The van der Waals surface area contributed by atoms with Gasteiger partial charge < -0.3 is 10.6 Å². The lowest BCUT2D eigenvalue weighted by Gasteiger charge is -2.15. The molecular formula is C19H16F3IN4. The van der Waals surface area contributed by atoms with Gasteiger partial charge in [-0.15, -0.1) is 0 Å². The summed E-state index contributed by atoms with van der Waals surface area (Å²) < 4.78 is 41.0. The van der Waals surface area contributed by atoms with Crippen LogP contribution in [0, 0.1) is 3.57 Å². The van der Waals surface area contributed by atoms with Crippen LogP contribution < -0.4 is 10.6 Å². The molecule has 3 aromatic rings. The molecule has 0 saturated carbocycles. The second-order valence-electron chi connectivity index (χ2n) is 5.76. The van der Waals surface area contributed by atoms with E-state index in [4.69, 9.17) is 0 Å². The molecule has 3 rings (SSSR count). The number of nitrogens with one attached hydrogen (secondary N) is 2. The van der Waals surface area contributed by atoms with Crippen LogP contribution in [-0.2, 0) is 12.6 Å². The van der Waals surface area contributed by atoms with Crippen molar-refractivity contribution >= 4 is 45.7 Å². The lowest BCUT2D eigenvalue weighted by molar-refractivity contribution is -0.137. The predicted octanol–water partition coefficient (Wildman–Crippen LogP) is 6.15. The van der Waals surface area contributed by atoms with E-state index in [2.05, 4.69) is 43.2 Å². The summed E-state index contributed by atoms with van der Waals surface area (Å²) in [6, 6.07) is 14.5. The molecule has 0 radical (unpaired) electrons. The van der Waals surface area contributed by atoms with E-state index in [1.54, 1.807) is 24.3 Å². The number of aromatic nitrogens is 2. The Morgan fingerprint density at radius 3 is 2.11 bits per heavy atom. The summed E-state index contributed by atoms with van der Waals surface area (Å²) in [5, 5.41) is 5.67. The first-order chi connectivity index (χ1) is 12.8. The minimum atomic E-state index is -4.56. The average Bonchev–Trinajstić information content (AvgIpc) is 2.63. The van der Waals surface area contributed by atoms with Gasteiger partial charge in [0, 0.05) is 21.1 Å². The second-order valence-corrected chi connectivity index (χ2v) is 7.01. The van der Waals surface area contributed by atoms with Crippen LogP contribution >= 0.6 is 22.6 Å². The number of hydrogen-bond donors (Lipinski definition) is 2. The summed E-state index contributed by atoms with van der Waals surface area (Å²) in [7, 11) is 0. The molecule has 0 saturated heterocycles. The highest BCUT2D eigenvalue weighted by Crippen LogP contribution is 2.35. The largest absolute Gasteiger partial charge is 0.421 e. The number of anilines is 4. The fourth-order valence-electron chi connectivity index (χ4n) is 2.37. The van der Waals surface area contributed by atoms with E-state index >= 15 is 0 Å². The molecule has 4 nitrogen and oxygen atoms in total. The molecule has 0 atom stereocenters. The molecule has 0 amide bonds. The van der Waals surface area contributed by atoms with Gasteiger partial charge in [-0.25, -0.2) is 4.98 Å². The Morgan fingerprint density at radius 2 is 1.52 bits per heavy atom. The minimum absolute atomic E-state index is 0.0805. The zero-order chi connectivity index (χ0) is 19.4. The second kappa shape index (κ2) is 8.12. The third-order valence-electron chi connectivity index (χ3n) is 3.82. The van der Waals surface area contributed by atoms with E-state index in [0.717, 1.165) is 21.8 Å². The molecule has 0 aliphatic heterocycles. The molecular weight excluding hydrogens is 468 g/mol. The normalized spacial score (nSPS) is 11.3. The number of aryl methyl sites for hydroxylation is 1. The van der Waals surface area contributed by atoms with Crippen molar-refractivity contribution in [2.75, 3.05) is 10.6 Å². The molecule has 1 heterocycles. The number of alkyl halides is 3. The van der Waals surface area contributed by atoms with Crippen molar-refractivity contribution in [1.29, 1.82) is 0 Å². The molecule has 140 valence electrons. The van der Waals surface area contributed by atoms with Crippen molar-refractivity contribution in [2.24, 2.45) is 0 Å². The lowest BCUT2D eigenvalue weighted by atomic mass is 10.1. The predicted molar refractivity (Wildman–Crippen MR) is 109 cm³/mol. The van der Waals surface area contributed by atoms with Gasteiger partial charge in [0.25, 0.3) is 0 Å². The quantitative estimate of drug-likeness (QED) is 0.427. The number of nitrogens with zero attached hydrogens (tertiary/aromatic N) is 2. The summed E-state index contributed by atoms with van der Waals surface area (Å²) in [4.78, 5) is 7.85. The Hall–Kier alpha value is -2.36. The van der Waals surface area contributed by atoms with Crippen molar-refractivity contribution < 1.29 is 13.2 Å². The molecule has 1 aromatic heterocycles. The van der Waals surface area contributed by atoms with Crippen molar-refractivity contribution in [1.82, 2.24) is 9.97 Å². The van der Waals surface area contributed by atoms with Crippen LogP contribution in [0.4, 0.5) is 36.3 Å². The van der Waals surface area contributed by atoms with Gasteiger partial charge in [0.2, 0.25) is 5.95 Å². The van der Waals surface area contributed by atoms with Crippen molar-refractivity contribution in [3.05, 3.63) is 69.4 Å². The smallest absolute Gasteiger partial charge is 0.340 e. The van der Waals surface area contributed by atoms with E-state index in [9.17, 15) is 13.2 Å². The average molecular weight is 484 g/mol. The van der Waals surface area contributed by atoms with Gasteiger partial charge in [0.05, 0.1) is 0 Å². The summed E-state index contributed by atoms with van der Waals surface area (Å²) >= 11 is 2.17. The summed E-state index contributed by atoms with van der Waals surface area (Å²) in [5.41, 5.74) is 1.39. The lowest BCUT2D eigenvalue weighted by Crippen LogP contribution is -2.12. The van der Waals surface area contributed by atoms with Gasteiger partial charge in [0.1, 0.15) is 11.4 Å². The summed E-state index contributed by atoms with van der Waals surface area (Å²) in [6.45, 7) is 2.01. The maximum absolute atomic E-state index is 13.3. The zero-order valence-corrected chi connectivity index (χ0v) is 16.5. The Kier molecular flexibility index (Phi) is 5.83. The molecule has 0 aliphatic carbocycles. The highest BCUT2D eigenvalue weighted by molar-refractivity contribution is 14.1. The Labute approximate surface area is 168 Å². The standard InChI is InChI=1S/C19H16F3IN4/c1-2-12-3-7-14(8-4-12)25-17-16(19(20,21)22)11-24-18(27-17)26-15-9-5-13(23)6-10-15/h3-11H,2H2,1H3,(H2,24,25,26,27). The van der Waals surface area contributed by atoms with Gasteiger partial charge in [-0.05, 0) is 71.0 Å². The Morgan fingerprint density at radius 1 is 0.926 bits per heavy atom. The van der Waals surface area contributed by atoms with Crippen molar-refractivity contribution in [3.8, 4) is 0 Å². The molecule has 27 heavy (non-hydrogen) atoms. The molecule has 0 bridgehead atoms. The molecule has 2 N–H and O–H groups in total. The molecule has 2 aromatic carbocycles. The first-order valence-electron chi connectivity index (χ1n) is 8.18. The number of benzene rings is 2. The van der Waals surface area contributed by atoms with Gasteiger partial charge in [-0.3, -0.25) is 0 Å². The third-order valence-corrected chi connectivity index (χ3v) is 4.54. The monoisotopic (exact) mass is 484 g/mol. The Balaban J connectivity index is 1.91. The molecule has 0 fully saturated rings. The van der Waals surface area contributed by atoms with Crippen LogP contribution in [0.5, 0.6) is 0 Å². The summed E-state index contributed by atoms with van der Waals surface area (Å²) in [6.07, 6.45) is -2.93.